The van der Waals surface area contributed by atoms with Crippen molar-refractivity contribution in [2.45, 2.75) is 116 Å². The molecule has 0 atom stereocenters. The molecule has 4 nitrogen and oxygen atoms in total. The van der Waals surface area contributed by atoms with Crippen molar-refractivity contribution in [3.8, 4) is 5.75 Å². The van der Waals surface area contributed by atoms with Gasteiger partial charge in [0.2, 0.25) is 0 Å². The number of hydrogen-bond donors (Lipinski definition) is 2. The second-order valence-electron chi connectivity index (χ2n) is 8.73. The van der Waals surface area contributed by atoms with Gasteiger partial charge in [-0.3, -0.25) is 10.2 Å². The van der Waals surface area contributed by atoms with Gasteiger partial charge in [-0.2, -0.15) is 0 Å². The van der Waals surface area contributed by atoms with Crippen LogP contribution in [0.5, 0.6) is 5.75 Å². The normalized spacial score (nSPS) is 11.4. The van der Waals surface area contributed by atoms with Crippen LogP contribution in [0.3, 0.4) is 0 Å². The topological polar surface area (TPSA) is 64.3 Å². The number of carbonyl (C=O) groups is 1. The SMILES string of the molecule is CCCCCCCCCCCCCCCc1cccc(OC(C)(C)C(=O)NN)c1. The molecule has 1 rings (SSSR count). The van der Waals surface area contributed by atoms with Crippen LogP contribution in [0.15, 0.2) is 24.3 Å². The minimum Gasteiger partial charge on any atom is -0.478 e. The lowest BCUT2D eigenvalue weighted by molar-refractivity contribution is -0.134. The van der Waals surface area contributed by atoms with E-state index < -0.39 is 5.60 Å². The molecule has 0 bridgehead atoms. The fourth-order valence-electron chi connectivity index (χ4n) is 3.63. The number of amides is 1. The van der Waals surface area contributed by atoms with Gasteiger partial charge in [0.25, 0.3) is 5.91 Å². The summed E-state index contributed by atoms with van der Waals surface area (Å²) in [5, 5.41) is 0. The highest BCUT2D eigenvalue weighted by Gasteiger charge is 2.29. The summed E-state index contributed by atoms with van der Waals surface area (Å²) in [7, 11) is 0. The van der Waals surface area contributed by atoms with Gasteiger partial charge in [0.05, 0.1) is 0 Å². The molecule has 0 radical (unpaired) electrons. The summed E-state index contributed by atoms with van der Waals surface area (Å²) < 4.78 is 5.82. The van der Waals surface area contributed by atoms with E-state index >= 15 is 0 Å². The first-order chi connectivity index (χ1) is 14.0. The Kier molecular flexibility index (Phi) is 13.5. The van der Waals surface area contributed by atoms with E-state index in [4.69, 9.17) is 10.6 Å². The molecule has 1 aromatic carbocycles. The predicted octanol–water partition coefficient (Wildman–Crippen LogP) is 6.47. The average molecular weight is 405 g/mol. The Morgan fingerprint density at radius 3 is 1.93 bits per heavy atom. The van der Waals surface area contributed by atoms with E-state index in [1.165, 1.54) is 89.0 Å². The van der Waals surface area contributed by atoms with Crippen molar-refractivity contribution < 1.29 is 9.53 Å². The highest BCUT2D eigenvalue weighted by atomic mass is 16.5. The van der Waals surface area contributed by atoms with Crippen molar-refractivity contribution in [2.24, 2.45) is 5.84 Å². The number of nitrogens with one attached hydrogen (secondary N) is 1. The largest absolute Gasteiger partial charge is 0.478 e. The van der Waals surface area contributed by atoms with Crippen LogP contribution in [0.4, 0.5) is 0 Å². The number of unbranched alkanes of at least 4 members (excludes halogenated alkanes) is 12. The van der Waals surface area contributed by atoms with Gasteiger partial charge in [-0.1, -0.05) is 96.1 Å². The molecule has 1 aromatic rings. The third-order valence-electron chi connectivity index (χ3n) is 5.52. The first kappa shape index (κ1) is 25.5. The van der Waals surface area contributed by atoms with E-state index in [1.807, 2.05) is 18.2 Å². The minimum absolute atomic E-state index is 0.334. The maximum atomic E-state index is 11.8. The lowest BCUT2D eigenvalue weighted by atomic mass is 10.0. The van der Waals surface area contributed by atoms with Gasteiger partial charge >= 0.3 is 0 Å². The highest BCUT2D eigenvalue weighted by Crippen LogP contribution is 2.21. The summed E-state index contributed by atoms with van der Waals surface area (Å²) in [6.07, 6.45) is 18.9. The van der Waals surface area contributed by atoms with Gasteiger partial charge in [0, 0.05) is 0 Å². The van der Waals surface area contributed by atoms with Crippen molar-refractivity contribution in [3.63, 3.8) is 0 Å². The Morgan fingerprint density at radius 1 is 0.897 bits per heavy atom. The van der Waals surface area contributed by atoms with Crippen LogP contribution in [0.25, 0.3) is 0 Å². The van der Waals surface area contributed by atoms with Gasteiger partial charge < -0.3 is 4.74 Å². The zero-order valence-electron chi connectivity index (χ0n) is 19.1. The van der Waals surface area contributed by atoms with Crippen LogP contribution >= 0.6 is 0 Å². The summed E-state index contributed by atoms with van der Waals surface area (Å²) in [6.45, 7) is 5.71. The number of nitrogens with two attached hydrogens (primary N) is 1. The third kappa shape index (κ3) is 11.9. The second-order valence-corrected chi connectivity index (χ2v) is 8.73. The van der Waals surface area contributed by atoms with E-state index in [-0.39, 0.29) is 5.91 Å². The number of benzene rings is 1. The Morgan fingerprint density at radius 2 is 1.41 bits per heavy atom. The zero-order chi connectivity index (χ0) is 21.4. The minimum atomic E-state index is -0.983. The molecule has 0 aromatic heterocycles. The summed E-state index contributed by atoms with van der Waals surface area (Å²) in [5.41, 5.74) is 2.43. The summed E-state index contributed by atoms with van der Waals surface area (Å²) >= 11 is 0. The fourth-order valence-corrected chi connectivity index (χ4v) is 3.63. The number of rotatable bonds is 17. The van der Waals surface area contributed by atoms with Gasteiger partial charge in [0.15, 0.2) is 5.60 Å². The van der Waals surface area contributed by atoms with Gasteiger partial charge in [-0.15, -0.1) is 0 Å². The maximum absolute atomic E-state index is 11.8. The van der Waals surface area contributed by atoms with E-state index in [9.17, 15) is 4.79 Å². The standard InChI is InChI=1S/C25H44N2O2/c1-4-5-6-7-8-9-10-11-12-13-14-15-16-18-22-19-17-20-23(21-22)29-25(2,3)24(28)27-26/h17,19-21H,4-16,18,26H2,1-3H3,(H,27,28). The molecule has 166 valence electrons. The first-order valence-corrected chi connectivity index (χ1v) is 11.8. The summed E-state index contributed by atoms with van der Waals surface area (Å²) in [5.74, 6) is 5.60. The number of ether oxygens (including phenoxy) is 1. The average Bonchev–Trinajstić information content (AvgIpc) is 2.70. The van der Waals surface area contributed by atoms with Crippen molar-refractivity contribution in [1.29, 1.82) is 0 Å². The first-order valence-electron chi connectivity index (χ1n) is 11.8. The predicted molar refractivity (Wildman–Crippen MR) is 123 cm³/mol. The molecule has 0 aliphatic carbocycles. The van der Waals surface area contributed by atoms with E-state index in [0.29, 0.717) is 5.75 Å². The van der Waals surface area contributed by atoms with Crippen LogP contribution in [0, 0.1) is 0 Å². The second kappa shape index (κ2) is 15.3. The molecule has 29 heavy (non-hydrogen) atoms. The number of hydrogen-bond acceptors (Lipinski definition) is 3. The van der Waals surface area contributed by atoms with E-state index in [1.54, 1.807) is 13.8 Å². The Hall–Kier alpha value is -1.55. The summed E-state index contributed by atoms with van der Waals surface area (Å²) in [4.78, 5) is 11.8. The molecule has 0 spiro atoms. The molecule has 0 aliphatic heterocycles. The molecule has 0 saturated heterocycles. The van der Waals surface area contributed by atoms with Crippen molar-refractivity contribution >= 4 is 5.91 Å². The Balaban J connectivity index is 2.10. The van der Waals surface area contributed by atoms with Crippen LogP contribution < -0.4 is 16.0 Å². The van der Waals surface area contributed by atoms with E-state index in [2.05, 4.69) is 18.4 Å². The molecule has 4 heteroatoms. The maximum Gasteiger partial charge on any atom is 0.277 e. The fraction of sp³-hybridized carbons (Fsp3) is 0.720. The molecular weight excluding hydrogens is 360 g/mol. The molecule has 0 fully saturated rings. The van der Waals surface area contributed by atoms with Crippen LogP contribution in [0.1, 0.15) is 110 Å². The Bertz CT molecular complexity index is 558. The lowest BCUT2D eigenvalue weighted by Gasteiger charge is -2.24. The smallest absolute Gasteiger partial charge is 0.277 e. The van der Waals surface area contributed by atoms with Crippen LogP contribution in [-0.4, -0.2) is 11.5 Å². The number of carbonyl (C=O) groups excluding carboxylic acids is 1. The van der Waals surface area contributed by atoms with Gasteiger partial charge in [-0.05, 0) is 44.4 Å². The lowest BCUT2D eigenvalue weighted by Crippen LogP contribution is -2.49. The summed E-state index contributed by atoms with van der Waals surface area (Å²) in [6, 6.07) is 8.04. The number of hydrazine groups is 1. The van der Waals surface area contributed by atoms with Crippen LogP contribution in [-0.2, 0) is 11.2 Å². The quantitative estimate of drug-likeness (QED) is 0.135. The Labute approximate surface area is 179 Å². The molecule has 0 aliphatic rings. The van der Waals surface area contributed by atoms with Gasteiger partial charge in [0.1, 0.15) is 5.75 Å². The monoisotopic (exact) mass is 404 g/mol. The molecule has 1 amide bonds. The number of aryl methyl sites for hydroxylation is 1. The molecule has 3 N–H and O–H groups in total. The van der Waals surface area contributed by atoms with E-state index in [0.717, 1.165) is 6.42 Å². The molecule has 0 saturated carbocycles. The van der Waals surface area contributed by atoms with Crippen molar-refractivity contribution in [2.75, 3.05) is 0 Å². The van der Waals surface area contributed by atoms with Gasteiger partial charge in [-0.25, -0.2) is 5.84 Å². The third-order valence-corrected chi connectivity index (χ3v) is 5.52. The highest BCUT2D eigenvalue weighted by molar-refractivity contribution is 5.84. The molecular formula is C25H44N2O2. The molecule has 0 unspecified atom stereocenters. The van der Waals surface area contributed by atoms with Crippen molar-refractivity contribution in [1.82, 2.24) is 5.43 Å². The molecule has 0 heterocycles. The van der Waals surface area contributed by atoms with Crippen LogP contribution in [0.2, 0.25) is 0 Å². The zero-order valence-corrected chi connectivity index (χ0v) is 19.1. The van der Waals surface area contributed by atoms with Crippen molar-refractivity contribution in [3.05, 3.63) is 29.8 Å².